The Morgan fingerprint density at radius 3 is 1.41 bits per heavy atom. The number of nitrogens with one attached hydrogen (secondary N) is 4. The van der Waals surface area contributed by atoms with Gasteiger partial charge in [0.2, 0.25) is 11.8 Å². The van der Waals surface area contributed by atoms with Crippen LogP contribution in [-0.2, 0) is 9.59 Å². The second kappa shape index (κ2) is 12.7. The smallest absolute Gasteiger partial charge is 0.237 e. The van der Waals surface area contributed by atoms with Crippen molar-refractivity contribution in [1.82, 2.24) is 21.3 Å². The second-order valence-electron chi connectivity index (χ2n) is 9.59. The van der Waals surface area contributed by atoms with Gasteiger partial charge in [0, 0.05) is 22.8 Å². The minimum absolute atomic E-state index is 0.0540. The lowest BCUT2D eigenvalue weighted by atomic mass is 10.00. The molecule has 2 saturated heterocycles. The predicted octanol–water partition coefficient (Wildman–Crippen LogP) is 5.15. The zero-order chi connectivity index (χ0) is 24.8. The number of halogens is 2. The summed E-state index contributed by atoms with van der Waals surface area (Å²) in [4.78, 5) is 26.1. The van der Waals surface area contributed by atoms with Gasteiger partial charge in [-0.15, -0.1) is 22.7 Å². The Kier molecular flexibility index (Phi) is 10.2. The van der Waals surface area contributed by atoms with Crippen molar-refractivity contribution in [3.05, 3.63) is 42.7 Å². The maximum atomic E-state index is 11.9. The van der Waals surface area contributed by atoms with Crippen molar-refractivity contribution < 1.29 is 9.59 Å². The predicted molar refractivity (Wildman–Crippen MR) is 143 cm³/mol. The maximum absolute atomic E-state index is 11.9. The standard InChI is InChI=1S/2C12H17ClN2OS/c2*1-7(2)5-8-12(16)15-9(6-14-8)10-3-4-11(13)17-10/h2*3-4,7-9,14H,5-6H2,1-2H3,(H,15,16)/t8-,9+;8-,9-/m00/s1. The van der Waals surface area contributed by atoms with Crippen LogP contribution in [0.3, 0.4) is 0 Å². The van der Waals surface area contributed by atoms with Gasteiger partial charge in [0.25, 0.3) is 0 Å². The zero-order valence-corrected chi connectivity index (χ0v) is 23.1. The molecule has 2 fully saturated rings. The fraction of sp³-hybridized carbons (Fsp3) is 0.583. The van der Waals surface area contributed by atoms with Crippen LogP contribution in [0.2, 0.25) is 8.67 Å². The summed E-state index contributed by atoms with van der Waals surface area (Å²) in [6, 6.07) is 7.70. The maximum Gasteiger partial charge on any atom is 0.237 e. The number of thiophene rings is 2. The molecule has 2 amide bonds. The Balaban J connectivity index is 0.000000191. The molecule has 0 aliphatic carbocycles. The van der Waals surface area contributed by atoms with Gasteiger partial charge in [0.05, 0.1) is 32.8 Å². The zero-order valence-electron chi connectivity index (χ0n) is 20.0. The second-order valence-corrected chi connectivity index (χ2v) is 13.1. The van der Waals surface area contributed by atoms with Gasteiger partial charge in [-0.05, 0) is 48.9 Å². The first kappa shape index (κ1) is 27.4. The fourth-order valence-electron chi connectivity index (χ4n) is 4.05. The first-order valence-electron chi connectivity index (χ1n) is 11.7. The molecule has 0 spiro atoms. The van der Waals surface area contributed by atoms with E-state index in [-0.39, 0.29) is 36.0 Å². The Morgan fingerprint density at radius 1 is 0.765 bits per heavy atom. The summed E-state index contributed by atoms with van der Waals surface area (Å²) >= 11 is 14.8. The molecule has 4 heterocycles. The van der Waals surface area contributed by atoms with Crippen molar-refractivity contribution >= 4 is 57.7 Å². The fourth-order valence-corrected chi connectivity index (χ4v) is 6.27. The van der Waals surface area contributed by atoms with E-state index >= 15 is 0 Å². The van der Waals surface area contributed by atoms with Gasteiger partial charge in [-0.25, -0.2) is 0 Å². The van der Waals surface area contributed by atoms with E-state index in [4.69, 9.17) is 23.2 Å². The molecule has 34 heavy (non-hydrogen) atoms. The van der Waals surface area contributed by atoms with Gasteiger partial charge in [0.1, 0.15) is 0 Å². The Morgan fingerprint density at radius 2 is 1.15 bits per heavy atom. The Labute approximate surface area is 220 Å². The van der Waals surface area contributed by atoms with Gasteiger partial charge < -0.3 is 21.3 Å². The minimum Gasteiger partial charge on any atom is -0.346 e. The van der Waals surface area contributed by atoms with Crippen LogP contribution in [0.25, 0.3) is 0 Å². The third kappa shape index (κ3) is 7.93. The number of piperazine rings is 2. The molecule has 2 aliphatic heterocycles. The van der Waals surface area contributed by atoms with Crippen molar-refractivity contribution in [3.63, 3.8) is 0 Å². The van der Waals surface area contributed by atoms with Crippen LogP contribution in [0.4, 0.5) is 0 Å². The average Bonchev–Trinajstić information content (AvgIpc) is 3.39. The topological polar surface area (TPSA) is 82.3 Å². The summed E-state index contributed by atoms with van der Waals surface area (Å²) in [6.45, 7) is 10.1. The third-order valence-electron chi connectivity index (χ3n) is 5.69. The molecule has 0 aromatic carbocycles. The van der Waals surface area contributed by atoms with Gasteiger partial charge in [-0.3, -0.25) is 9.59 Å². The van der Waals surface area contributed by atoms with Crippen molar-refractivity contribution in [1.29, 1.82) is 0 Å². The van der Waals surface area contributed by atoms with Gasteiger partial charge in [-0.2, -0.15) is 0 Å². The molecule has 0 bridgehead atoms. The Hall–Kier alpha value is -1.16. The number of amides is 2. The van der Waals surface area contributed by atoms with Crippen molar-refractivity contribution in [2.24, 2.45) is 11.8 Å². The third-order valence-corrected chi connectivity index (χ3v) is 8.38. The SMILES string of the molecule is CC(C)C[C@@H]1NC[C@@H](c2ccc(Cl)s2)NC1=O.CC(C)C[C@@H]1NC[C@H](c2ccc(Cl)s2)NC1=O. The highest BCUT2D eigenvalue weighted by Crippen LogP contribution is 2.29. The summed E-state index contributed by atoms with van der Waals surface area (Å²) in [5.74, 6) is 1.23. The van der Waals surface area contributed by atoms with Crippen molar-refractivity contribution in [2.45, 2.75) is 64.7 Å². The molecule has 2 aliphatic rings. The lowest BCUT2D eigenvalue weighted by Gasteiger charge is -2.30. The van der Waals surface area contributed by atoms with E-state index in [0.717, 1.165) is 44.4 Å². The van der Waals surface area contributed by atoms with E-state index in [2.05, 4.69) is 49.0 Å². The summed E-state index contributed by atoms with van der Waals surface area (Å²) < 4.78 is 1.53. The normalized spacial score (nSPS) is 25.1. The van der Waals surface area contributed by atoms with Gasteiger partial charge in [0.15, 0.2) is 0 Å². The molecule has 2 aromatic rings. The van der Waals surface area contributed by atoms with Crippen LogP contribution in [0, 0.1) is 11.8 Å². The molecule has 2 aromatic heterocycles. The van der Waals surface area contributed by atoms with E-state index < -0.39 is 0 Å². The van der Waals surface area contributed by atoms with Gasteiger partial charge >= 0.3 is 0 Å². The summed E-state index contributed by atoms with van der Waals surface area (Å²) in [6.07, 6.45) is 1.76. The summed E-state index contributed by atoms with van der Waals surface area (Å²) in [7, 11) is 0. The largest absolute Gasteiger partial charge is 0.346 e. The van der Waals surface area contributed by atoms with E-state index in [1.54, 1.807) is 0 Å². The van der Waals surface area contributed by atoms with Crippen LogP contribution < -0.4 is 21.3 Å². The highest BCUT2D eigenvalue weighted by molar-refractivity contribution is 7.16. The number of rotatable bonds is 6. The van der Waals surface area contributed by atoms with E-state index in [1.165, 1.54) is 22.7 Å². The van der Waals surface area contributed by atoms with E-state index in [9.17, 15) is 9.59 Å². The number of carbonyl (C=O) groups is 2. The molecule has 0 unspecified atom stereocenters. The molecule has 0 radical (unpaired) electrons. The van der Waals surface area contributed by atoms with Gasteiger partial charge in [-0.1, -0.05) is 50.9 Å². The Bertz CT molecular complexity index is 886. The van der Waals surface area contributed by atoms with Crippen LogP contribution in [-0.4, -0.2) is 37.0 Å². The van der Waals surface area contributed by atoms with Crippen molar-refractivity contribution in [2.75, 3.05) is 13.1 Å². The minimum atomic E-state index is -0.0540. The number of carbonyl (C=O) groups excluding carboxylic acids is 2. The molecule has 6 nitrogen and oxygen atoms in total. The van der Waals surface area contributed by atoms with E-state index in [1.807, 2.05) is 24.3 Å². The quantitative estimate of drug-likeness (QED) is 0.405. The van der Waals surface area contributed by atoms with Crippen LogP contribution in [0.15, 0.2) is 24.3 Å². The molecule has 4 atom stereocenters. The summed E-state index contributed by atoms with van der Waals surface area (Å²) in [5.41, 5.74) is 0. The molecule has 188 valence electrons. The monoisotopic (exact) mass is 544 g/mol. The van der Waals surface area contributed by atoms with Crippen LogP contribution >= 0.6 is 45.9 Å². The number of hydrogen-bond donors (Lipinski definition) is 4. The van der Waals surface area contributed by atoms with E-state index in [0.29, 0.717) is 11.8 Å². The first-order chi connectivity index (χ1) is 16.1. The molecular formula is C24H34Cl2N4O2S2. The highest BCUT2D eigenvalue weighted by atomic mass is 35.5. The molecule has 0 saturated carbocycles. The lowest BCUT2D eigenvalue weighted by molar-refractivity contribution is -0.126. The average molecular weight is 546 g/mol. The van der Waals surface area contributed by atoms with Crippen molar-refractivity contribution in [3.8, 4) is 0 Å². The van der Waals surface area contributed by atoms with Crippen LogP contribution in [0.5, 0.6) is 0 Å². The lowest BCUT2D eigenvalue weighted by Crippen LogP contribution is -2.54. The summed E-state index contributed by atoms with van der Waals surface area (Å²) in [5, 5.41) is 12.7. The highest BCUT2D eigenvalue weighted by Gasteiger charge is 2.30. The first-order valence-corrected chi connectivity index (χ1v) is 14.1. The molecule has 4 N–H and O–H groups in total. The number of hydrogen-bond acceptors (Lipinski definition) is 6. The molecular weight excluding hydrogens is 511 g/mol. The molecule has 10 heteroatoms. The molecule has 4 rings (SSSR count). The van der Waals surface area contributed by atoms with Crippen LogP contribution in [0.1, 0.15) is 62.4 Å².